The summed E-state index contributed by atoms with van der Waals surface area (Å²) in [6.07, 6.45) is 0.519. The number of benzene rings is 1. The zero-order chi connectivity index (χ0) is 10.4. The third-order valence-electron chi connectivity index (χ3n) is 3.11. The van der Waals surface area contributed by atoms with Crippen molar-refractivity contribution >= 4 is 10.9 Å². The van der Waals surface area contributed by atoms with Crippen LogP contribution in [0.15, 0.2) is 24.3 Å². The van der Waals surface area contributed by atoms with Crippen LogP contribution in [0.3, 0.4) is 0 Å². The summed E-state index contributed by atoms with van der Waals surface area (Å²) in [7, 11) is 1.67. The van der Waals surface area contributed by atoms with Gasteiger partial charge in [0.05, 0.1) is 18.7 Å². The van der Waals surface area contributed by atoms with Gasteiger partial charge in [0.1, 0.15) is 5.75 Å². The highest BCUT2D eigenvalue weighted by Crippen LogP contribution is 2.33. The summed E-state index contributed by atoms with van der Waals surface area (Å²) in [5.74, 6) is 0.866. The normalized spacial score (nSPS) is 19.5. The minimum Gasteiger partial charge on any atom is -0.497 e. The first-order valence-electron chi connectivity index (χ1n) is 5.15. The quantitative estimate of drug-likeness (QED) is 0.770. The first-order valence-corrected chi connectivity index (χ1v) is 5.15. The lowest BCUT2D eigenvalue weighted by Gasteiger charge is -2.02. The summed E-state index contributed by atoms with van der Waals surface area (Å²) < 4.78 is 7.37. The molecule has 1 N–H and O–H groups in total. The molecule has 15 heavy (non-hydrogen) atoms. The number of aliphatic hydroxyl groups is 1. The SMILES string of the molecule is COc1ccc2cc3n(c2c1)CCC3O. The molecule has 0 radical (unpaired) electrons. The summed E-state index contributed by atoms with van der Waals surface area (Å²) in [4.78, 5) is 0. The van der Waals surface area contributed by atoms with Crippen molar-refractivity contribution < 1.29 is 9.84 Å². The molecule has 0 saturated carbocycles. The van der Waals surface area contributed by atoms with Crippen LogP contribution in [0, 0.1) is 0 Å². The number of rotatable bonds is 1. The Labute approximate surface area is 87.9 Å². The Balaban J connectivity index is 2.27. The Morgan fingerprint density at radius 1 is 1.40 bits per heavy atom. The molecule has 1 aliphatic rings. The maximum Gasteiger partial charge on any atom is 0.120 e. The van der Waals surface area contributed by atoms with E-state index >= 15 is 0 Å². The number of hydrogen-bond donors (Lipinski definition) is 1. The Morgan fingerprint density at radius 3 is 3.07 bits per heavy atom. The molecule has 3 heteroatoms. The molecule has 2 aromatic rings. The number of aromatic nitrogens is 1. The molecule has 3 nitrogen and oxygen atoms in total. The highest BCUT2D eigenvalue weighted by atomic mass is 16.5. The molecule has 1 aromatic carbocycles. The predicted molar refractivity (Wildman–Crippen MR) is 58.1 cm³/mol. The summed E-state index contributed by atoms with van der Waals surface area (Å²) >= 11 is 0. The molecular formula is C12H13NO2. The number of aryl methyl sites for hydroxylation is 1. The minimum absolute atomic E-state index is 0.302. The van der Waals surface area contributed by atoms with E-state index in [4.69, 9.17) is 4.74 Å². The Bertz CT molecular complexity index is 516. The van der Waals surface area contributed by atoms with Gasteiger partial charge in [0.25, 0.3) is 0 Å². The van der Waals surface area contributed by atoms with E-state index in [0.29, 0.717) is 0 Å². The highest BCUT2D eigenvalue weighted by molar-refractivity contribution is 5.83. The molecule has 0 spiro atoms. The van der Waals surface area contributed by atoms with Gasteiger partial charge >= 0.3 is 0 Å². The van der Waals surface area contributed by atoms with E-state index in [-0.39, 0.29) is 6.10 Å². The summed E-state index contributed by atoms with van der Waals surface area (Å²) in [6, 6.07) is 8.07. The van der Waals surface area contributed by atoms with Crippen LogP contribution < -0.4 is 4.74 Å². The number of hydrogen-bond acceptors (Lipinski definition) is 2. The molecule has 0 fully saturated rings. The van der Waals surface area contributed by atoms with Crippen molar-refractivity contribution in [1.82, 2.24) is 4.57 Å². The fourth-order valence-corrected chi connectivity index (χ4v) is 2.31. The molecule has 0 bridgehead atoms. The molecule has 1 aliphatic heterocycles. The van der Waals surface area contributed by atoms with E-state index in [2.05, 4.69) is 10.6 Å². The van der Waals surface area contributed by atoms with Gasteiger partial charge in [0, 0.05) is 23.7 Å². The van der Waals surface area contributed by atoms with E-state index in [1.54, 1.807) is 7.11 Å². The second-order valence-electron chi connectivity index (χ2n) is 3.95. The van der Waals surface area contributed by atoms with E-state index in [1.165, 1.54) is 5.39 Å². The van der Waals surface area contributed by atoms with Crippen LogP contribution in [-0.2, 0) is 6.54 Å². The van der Waals surface area contributed by atoms with Crippen LogP contribution in [0.1, 0.15) is 18.2 Å². The average Bonchev–Trinajstić information content (AvgIpc) is 2.78. The Morgan fingerprint density at radius 2 is 2.27 bits per heavy atom. The molecule has 0 amide bonds. The third-order valence-corrected chi connectivity index (χ3v) is 3.11. The zero-order valence-corrected chi connectivity index (χ0v) is 8.60. The van der Waals surface area contributed by atoms with Gasteiger partial charge in [0.15, 0.2) is 0 Å². The maximum absolute atomic E-state index is 9.76. The van der Waals surface area contributed by atoms with Gasteiger partial charge in [-0.1, -0.05) is 0 Å². The van der Waals surface area contributed by atoms with Gasteiger partial charge in [-0.05, 0) is 24.6 Å². The zero-order valence-electron chi connectivity index (χ0n) is 8.60. The topological polar surface area (TPSA) is 34.4 Å². The number of ether oxygens (including phenoxy) is 1. The van der Waals surface area contributed by atoms with Crippen LogP contribution in [0.2, 0.25) is 0 Å². The van der Waals surface area contributed by atoms with Crippen molar-refractivity contribution in [2.75, 3.05) is 7.11 Å². The second-order valence-corrected chi connectivity index (χ2v) is 3.95. The monoisotopic (exact) mass is 203 g/mol. The van der Waals surface area contributed by atoms with E-state index < -0.39 is 0 Å². The summed E-state index contributed by atoms with van der Waals surface area (Å²) in [6.45, 7) is 0.896. The van der Waals surface area contributed by atoms with Gasteiger partial charge in [-0.2, -0.15) is 0 Å². The molecule has 78 valence electrons. The molecule has 0 aliphatic carbocycles. The van der Waals surface area contributed by atoms with Crippen molar-refractivity contribution in [2.24, 2.45) is 0 Å². The first-order chi connectivity index (χ1) is 7.29. The van der Waals surface area contributed by atoms with Crippen molar-refractivity contribution in [1.29, 1.82) is 0 Å². The van der Waals surface area contributed by atoms with Gasteiger partial charge in [0.2, 0.25) is 0 Å². The molecule has 0 saturated heterocycles. The fraction of sp³-hybridized carbons (Fsp3) is 0.333. The second kappa shape index (κ2) is 3.00. The lowest BCUT2D eigenvalue weighted by molar-refractivity contribution is 0.180. The lowest BCUT2D eigenvalue weighted by atomic mass is 10.2. The van der Waals surface area contributed by atoms with Crippen molar-refractivity contribution in [3.05, 3.63) is 30.0 Å². The lowest BCUT2D eigenvalue weighted by Crippen LogP contribution is -1.92. The summed E-state index contributed by atoms with van der Waals surface area (Å²) in [5, 5.41) is 10.9. The van der Waals surface area contributed by atoms with Gasteiger partial charge in [-0.15, -0.1) is 0 Å². The van der Waals surface area contributed by atoms with Crippen LogP contribution in [0.25, 0.3) is 10.9 Å². The standard InChI is InChI=1S/C12H13NO2/c1-15-9-3-2-8-6-11-12(14)4-5-13(11)10(8)7-9/h2-3,6-7,12,14H,4-5H2,1H3. The van der Waals surface area contributed by atoms with Crippen LogP contribution in [0.5, 0.6) is 5.75 Å². The van der Waals surface area contributed by atoms with E-state index in [0.717, 1.165) is 29.9 Å². The van der Waals surface area contributed by atoms with Gasteiger partial charge in [-0.3, -0.25) is 0 Å². The molecule has 1 atom stereocenters. The first kappa shape index (κ1) is 8.80. The van der Waals surface area contributed by atoms with Crippen LogP contribution in [-0.4, -0.2) is 16.8 Å². The maximum atomic E-state index is 9.76. The molecule has 2 heterocycles. The fourth-order valence-electron chi connectivity index (χ4n) is 2.31. The van der Waals surface area contributed by atoms with E-state index in [9.17, 15) is 5.11 Å². The van der Waals surface area contributed by atoms with Crippen molar-refractivity contribution in [3.8, 4) is 5.75 Å². The van der Waals surface area contributed by atoms with Gasteiger partial charge in [-0.25, -0.2) is 0 Å². The largest absolute Gasteiger partial charge is 0.497 e. The molecule has 1 aromatic heterocycles. The molecule has 3 rings (SSSR count). The number of fused-ring (bicyclic) bond motifs is 3. The molecular weight excluding hydrogens is 190 g/mol. The number of aliphatic hydroxyl groups excluding tert-OH is 1. The van der Waals surface area contributed by atoms with Crippen LogP contribution in [0.4, 0.5) is 0 Å². The number of methoxy groups -OCH3 is 1. The third kappa shape index (κ3) is 1.16. The van der Waals surface area contributed by atoms with Crippen LogP contribution >= 0.6 is 0 Å². The van der Waals surface area contributed by atoms with Crippen molar-refractivity contribution in [3.63, 3.8) is 0 Å². The minimum atomic E-state index is -0.302. The van der Waals surface area contributed by atoms with Crippen molar-refractivity contribution in [2.45, 2.75) is 19.1 Å². The van der Waals surface area contributed by atoms with E-state index in [1.807, 2.05) is 18.2 Å². The smallest absolute Gasteiger partial charge is 0.120 e. The molecule has 1 unspecified atom stereocenters. The number of nitrogens with zero attached hydrogens (tertiary/aromatic N) is 1. The Hall–Kier alpha value is -1.48. The predicted octanol–water partition coefficient (Wildman–Crippen LogP) is 2.09. The van der Waals surface area contributed by atoms with Gasteiger partial charge < -0.3 is 14.4 Å². The Kier molecular flexibility index (Phi) is 1.76. The average molecular weight is 203 g/mol. The highest BCUT2D eigenvalue weighted by Gasteiger charge is 2.22. The summed E-state index contributed by atoms with van der Waals surface area (Å²) in [5.41, 5.74) is 2.18.